The molecule has 0 atom stereocenters. The van der Waals surface area contributed by atoms with Crippen LogP contribution in [0.15, 0.2) is 53.4 Å². The van der Waals surface area contributed by atoms with Crippen molar-refractivity contribution in [2.75, 3.05) is 18.5 Å². The van der Waals surface area contributed by atoms with Crippen LogP contribution in [0.2, 0.25) is 0 Å². The van der Waals surface area contributed by atoms with E-state index in [1.807, 2.05) is 0 Å². The molecule has 0 heterocycles. The summed E-state index contributed by atoms with van der Waals surface area (Å²) in [5.41, 5.74) is 0.804. The van der Waals surface area contributed by atoms with Gasteiger partial charge in [0.1, 0.15) is 0 Å². The fourth-order valence-electron chi connectivity index (χ4n) is 1.75. The standard InChI is InChI=1S/C15H14NO4S/c1-16(21(18,19)14-6-4-3-5-7-14)13-10-8-12(9-11-13)15(17)20-2/h3-6,8-11H,1-2H3. The van der Waals surface area contributed by atoms with Gasteiger partial charge in [-0.1, -0.05) is 18.2 Å². The molecule has 0 aliphatic heterocycles. The van der Waals surface area contributed by atoms with E-state index >= 15 is 0 Å². The van der Waals surface area contributed by atoms with E-state index in [9.17, 15) is 13.2 Å². The van der Waals surface area contributed by atoms with Crippen LogP contribution in [0.1, 0.15) is 10.4 Å². The molecule has 0 bridgehead atoms. The number of esters is 1. The molecule has 2 rings (SSSR count). The van der Waals surface area contributed by atoms with Gasteiger partial charge in [0.15, 0.2) is 0 Å². The second kappa shape index (κ2) is 5.97. The monoisotopic (exact) mass is 304 g/mol. The Morgan fingerprint density at radius 1 is 1.14 bits per heavy atom. The maximum Gasteiger partial charge on any atom is 0.337 e. The van der Waals surface area contributed by atoms with Crippen LogP contribution in [0.4, 0.5) is 5.69 Å². The van der Waals surface area contributed by atoms with Crippen LogP contribution in [0.5, 0.6) is 0 Å². The van der Waals surface area contributed by atoms with E-state index in [-0.39, 0.29) is 4.90 Å². The summed E-state index contributed by atoms with van der Waals surface area (Å²) in [7, 11) is -0.932. The molecule has 0 aliphatic rings. The molecule has 0 aliphatic carbocycles. The molecule has 6 heteroatoms. The molecule has 0 spiro atoms. The molecule has 2 aromatic rings. The third-order valence-electron chi connectivity index (χ3n) is 2.97. The zero-order chi connectivity index (χ0) is 15.5. The molecule has 5 nitrogen and oxygen atoms in total. The largest absolute Gasteiger partial charge is 0.465 e. The van der Waals surface area contributed by atoms with Crippen LogP contribution >= 0.6 is 0 Å². The van der Waals surface area contributed by atoms with Gasteiger partial charge in [0.25, 0.3) is 10.0 Å². The third-order valence-corrected chi connectivity index (χ3v) is 4.71. The second-order valence-corrected chi connectivity index (χ2v) is 6.18. The SMILES string of the molecule is COC(=O)c1ccc(N(C)S(=O)(=O)c2[c]cccc2)cc1. The van der Waals surface area contributed by atoms with Gasteiger partial charge in [-0.25, -0.2) is 13.2 Å². The number of nitrogens with zero attached hydrogens (tertiary/aromatic N) is 1. The Bertz CT molecular complexity index is 724. The van der Waals surface area contributed by atoms with Crippen molar-refractivity contribution < 1.29 is 17.9 Å². The van der Waals surface area contributed by atoms with Gasteiger partial charge in [-0.2, -0.15) is 0 Å². The van der Waals surface area contributed by atoms with Crippen LogP contribution in [0.3, 0.4) is 0 Å². The molecule has 0 aromatic heterocycles. The minimum atomic E-state index is -3.67. The van der Waals surface area contributed by atoms with Crippen molar-refractivity contribution in [1.29, 1.82) is 0 Å². The van der Waals surface area contributed by atoms with Crippen molar-refractivity contribution in [2.24, 2.45) is 0 Å². The normalized spacial score (nSPS) is 11.0. The zero-order valence-electron chi connectivity index (χ0n) is 11.6. The first kappa shape index (κ1) is 15.1. The number of hydrogen-bond donors (Lipinski definition) is 0. The Balaban J connectivity index is 2.32. The topological polar surface area (TPSA) is 63.7 Å². The highest BCUT2D eigenvalue weighted by Gasteiger charge is 2.21. The van der Waals surface area contributed by atoms with E-state index in [1.54, 1.807) is 30.3 Å². The van der Waals surface area contributed by atoms with E-state index in [0.717, 1.165) is 4.31 Å². The van der Waals surface area contributed by atoms with Gasteiger partial charge in [-0.05, 0) is 30.3 Å². The first-order valence-corrected chi connectivity index (χ1v) is 7.55. The summed E-state index contributed by atoms with van der Waals surface area (Å²) >= 11 is 0. The smallest absolute Gasteiger partial charge is 0.337 e. The number of hydrogen-bond acceptors (Lipinski definition) is 4. The van der Waals surface area contributed by atoms with Crippen LogP contribution < -0.4 is 4.31 Å². The maximum absolute atomic E-state index is 12.4. The average Bonchev–Trinajstić information content (AvgIpc) is 2.54. The predicted octanol–water partition coefficient (Wildman–Crippen LogP) is 2.10. The van der Waals surface area contributed by atoms with Gasteiger partial charge < -0.3 is 4.74 Å². The minimum Gasteiger partial charge on any atom is -0.465 e. The van der Waals surface area contributed by atoms with Gasteiger partial charge in [0, 0.05) is 13.1 Å². The number of rotatable bonds is 4. The fraction of sp³-hybridized carbons (Fsp3) is 0.133. The summed E-state index contributed by atoms with van der Waals surface area (Å²) in [5, 5.41) is 0. The number of carbonyl (C=O) groups is 1. The van der Waals surface area contributed by atoms with Crippen LogP contribution in [-0.4, -0.2) is 28.5 Å². The van der Waals surface area contributed by atoms with E-state index < -0.39 is 16.0 Å². The lowest BCUT2D eigenvalue weighted by molar-refractivity contribution is 0.0601. The lowest BCUT2D eigenvalue weighted by Gasteiger charge is -2.19. The highest BCUT2D eigenvalue weighted by molar-refractivity contribution is 7.92. The Hall–Kier alpha value is -2.34. The molecule has 0 N–H and O–H groups in total. The van der Waals surface area contributed by atoms with E-state index in [0.29, 0.717) is 11.3 Å². The molecule has 0 saturated heterocycles. The fourth-order valence-corrected chi connectivity index (χ4v) is 2.91. The van der Waals surface area contributed by atoms with Gasteiger partial charge in [-0.15, -0.1) is 0 Å². The third kappa shape index (κ3) is 3.05. The summed E-state index contributed by atoms with van der Waals surface area (Å²) in [6.07, 6.45) is 0. The molecule has 0 saturated carbocycles. The maximum atomic E-state index is 12.4. The summed E-state index contributed by atoms with van der Waals surface area (Å²) in [6, 6.07) is 15.2. The van der Waals surface area contributed by atoms with Gasteiger partial charge in [0.2, 0.25) is 0 Å². The van der Waals surface area contributed by atoms with E-state index in [4.69, 9.17) is 0 Å². The number of ether oxygens (including phenoxy) is 1. The Morgan fingerprint density at radius 2 is 1.81 bits per heavy atom. The molecule has 0 fully saturated rings. The number of anilines is 1. The second-order valence-electron chi connectivity index (χ2n) is 4.24. The molecule has 1 radical (unpaired) electrons. The quantitative estimate of drug-likeness (QED) is 0.811. The number of sulfonamides is 1. The first-order valence-electron chi connectivity index (χ1n) is 6.11. The van der Waals surface area contributed by atoms with Crippen molar-refractivity contribution in [3.63, 3.8) is 0 Å². The van der Waals surface area contributed by atoms with Gasteiger partial charge >= 0.3 is 5.97 Å². The first-order chi connectivity index (χ1) is 9.96. The molecule has 0 amide bonds. The zero-order valence-corrected chi connectivity index (χ0v) is 12.4. The Kier molecular flexibility index (Phi) is 4.28. The molecule has 0 unspecified atom stereocenters. The lowest BCUT2D eigenvalue weighted by Crippen LogP contribution is -2.26. The van der Waals surface area contributed by atoms with Crippen LogP contribution in [-0.2, 0) is 14.8 Å². The molecule has 109 valence electrons. The number of carbonyl (C=O) groups excluding carboxylic acids is 1. The Labute approximate surface area is 123 Å². The summed E-state index contributed by atoms with van der Waals surface area (Å²) in [5.74, 6) is -0.469. The molecular formula is C15H14NO4S. The predicted molar refractivity (Wildman–Crippen MR) is 78.6 cm³/mol. The lowest BCUT2D eigenvalue weighted by atomic mass is 10.2. The number of methoxy groups -OCH3 is 1. The van der Waals surface area contributed by atoms with Crippen molar-refractivity contribution in [1.82, 2.24) is 0 Å². The van der Waals surface area contributed by atoms with Crippen molar-refractivity contribution in [3.8, 4) is 0 Å². The summed E-state index contributed by atoms with van der Waals surface area (Å²) in [6.45, 7) is 0. The van der Waals surface area contributed by atoms with Gasteiger partial charge in [-0.3, -0.25) is 4.31 Å². The Morgan fingerprint density at radius 3 is 2.33 bits per heavy atom. The minimum absolute atomic E-state index is 0.0875. The van der Waals surface area contributed by atoms with Crippen molar-refractivity contribution in [2.45, 2.75) is 4.90 Å². The number of benzene rings is 2. The molecule has 21 heavy (non-hydrogen) atoms. The van der Waals surface area contributed by atoms with Crippen LogP contribution in [0, 0.1) is 6.07 Å². The van der Waals surface area contributed by atoms with Crippen molar-refractivity contribution >= 4 is 21.7 Å². The highest BCUT2D eigenvalue weighted by atomic mass is 32.2. The van der Waals surface area contributed by atoms with Crippen molar-refractivity contribution in [3.05, 3.63) is 60.2 Å². The summed E-state index contributed by atoms with van der Waals surface area (Å²) < 4.78 is 30.6. The molecule has 2 aromatic carbocycles. The van der Waals surface area contributed by atoms with Gasteiger partial charge in [0.05, 0.1) is 23.3 Å². The summed E-state index contributed by atoms with van der Waals surface area (Å²) in [4.78, 5) is 11.4. The van der Waals surface area contributed by atoms with Crippen LogP contribution in [0.25, 0.3) is 0 Å². The van der Waals surface area contributed by atoms with E-state index in [2.05, 4.69) is 10.8 Å². The average molecular weight is 304 g/mol. The van der Waals surface area contributed by atoms with E-state index in [1.165, 1.54) is 32.4 Å². The molecular weight excluding hydrogens is 290 g/mol. The highest BCUT2D eigenvalue weighted by Crippen LogP contribution is 2.22.